The van der Waals surface area contributed by atoms with Gasteiger partial charge in [0, 0.05) is 42.5 Å². The number of fused-ring (bicyclic) bond motifs is 1. The van der Waals surface area contributed by atoms with Gasteiger partial charge in [-0.1, -0.05) is 35.5 Å². The predicted molar refractivity (Wildman–Crippen MR) is 109 cm³/mol. The molecule has 1 aromatic carbocycles. The second-order valence-electron chi connectivity index (χ2n) is 7.90. The highest BCUT2D eigenvalue weighted by atomic mass is 16.5. The van der Waals surface area contributed by atoms with Gasteiger partial charge >= 0.3 is 0 Å². The van der Waals surface area contributed by atoms with E-state index in [-0.39, 0.29) is 11.9 Å². The Morgan fingerprint density at radius 2 is 1.86 bits per heavy atom. The molecule has 3 aromatic rings. The van der Waals surface area contributed by atoms with E-state index in [1.807, 2.05) is 55.1 Å². The molecule has 5 rings (SSSR count). The van der Waals surface area contributed by atoms with Crippen molar-refractivity contribution in [3.63, 3.8) is 0 Å². The van der Waals surface area contributed by atoms with E-state index in [2.05, 4.69) is 20.0 Å². The van der Waals surface area contributed by atoms with Crippen molar-refractivity contribution in [3.8, 4) is 11.3 Å². The van der Waals surface area contributed by atoms with Crippen LogP contribution in [-0.4, -0.2) is 51.6 Å². The number of nitrogens with zero attached hydrogens (tertiary/aromatic N) is 5. The summed E-state index contributed by atoms with van der Waals surface area (Å²) in [4.78, 5) is 26.6. The monoisotopic (exact) mass is 389 g/mol. The fraction of sp³-hybridized carbons (Fsp3) is 0.364. The number of amides is 1. The molecule has 2 aromatic heterocycles. The molecule has 2 saturated heterocycles. The summed E-state index contributed by atoms with van der Waals surface area (Å²) in [5, 5.41) is 3.89. The van der Waals surface area contributed by atoms with Crippen LogP contribution in [0.15, 0.2) is 47.1 Å². The molecule has 2 atom stereocenters. The van der Waals surface area contributed by atoms with Gasteiger partial charge in [0.25, 0.3) is 5.91 Å². The van der Waals surface area contributed by atoms with E-state index in [1.165, 1.54) is 6.20 Å². The molecule has 0 bridgehead atoms. The minimum absolute atomic E-state index is 0.0308. The smallest absolute Gasteiger partial charge is 0.259 e. The minimum Gasteiger partial charge on any atom is -0.355 e. The van der Waals surface area contributed by atoms with E-state index >= 15 is 0 Å². The Bertz CT molecular complexity index is 1030. The van der Waals surface area contributed by atoms with Gasteiger partial charge in [-0.2, -0.15) is 0 Å². The molecule has 148 valence electrons. The van der Waals surface area contributed by atoms with Crippen molar-refractivity contribution in [1.29, 1.82) is 0 Å². The summed E-state index contributed by atoms with van der Waals surface area (Å²) in [6.07, 6.45) is 2.52. The van der Waals surface area contributed by atoms with Crippen LogP contribution in [-0.2, 0) is 0 Å². The number of benzene rings is 1. The number of aromatic nitrogens is 3. The first-order valence-corrected chi connectivity index (χ1v) is 9.98. The third kappa shape index (κ3) is 3.16. The van der Waals surface area contributed by atoms with Gasteiger partial charge in [0.05, 0.1) is 12.2 Å². The van der Waals surface area contributed by atoms with Crippen LogP contribution in [0.25, 0.3) is 11.3 Å². The molecule has 0 spiro atoms. The fourth-order valence-corrected chi connectivity index (χ4v) is 4.41. The Kier molecular flexibility index (Phi) is 4.30. The molecule has 0 saturated carbocycles. The molecular weight excluding hydrogens is 366 g/mol. The van der Waals surface area contributed by atoms with Gasteiger partial charge in [-0.25, -0.2) is 9.97 Å². The molecule has 29 heavy (non-hydrogen) atoms. The molecule has 2 fully saturated rings. The SMILES string of the molecule is Cc1cc(C)nc(N2CC3CCN(C(=O)c4cnoc4-c4ccccc4)CC32)n1. The molecule has 1 amide bonds. The van der Waals surface area contributed by atoms with E-state index in [0.29, 0.717) is 23.8 Å². The summed E-state index contributed by atoms with van der Waals surface area (Å²) >= 11 is 0. The third-order valence-corrected chi connectivity index (χ3v) is 5.90. The van der Waals surface area contributed by atoms with Crippen molar-refractivity contribution in [2.45, 2.75) is 26.3 Å². The lowest BCUT2D eigenvalue weighted by atomic mass is 9.82. The van der Waals surface area contributed by atoms with Gasteiger partial charge in [-0.15, -0.1) is 0 Å². The maximum atomic E-state index is 13.3. The Labute approximate surface area is 169 Å². The normalized spacial score (nSPS) is 20.9. The first kappa shape index (κ1) is 17.8. The summed E-state index contributed by atoms with van der Waals surface area (Å²) < 4.78 is 5.41. The highest BCUT2D eigenvalue weighted by Crippen LogP contribution is 2.36. The average Bonchev–Trinajstić information content (AvgIpc) is 3.18. The number of anilines is 1. The predicted octanol–water partition coefficient (Wildman–Crippen LogP) is 3.10. The summed E-state index contributed by atoms with van der Waals surface area (Å²) in [7, 11) is 0. The van der Waals surface area contributed by atoms with Crippen LogP contribution < -0.4 is 4.90 Å². The number of rotatable bonds is 3. The first-order chi connectivity index (χ1) is 14.1. The lowest BCUT2D eigenvalue weighted by Gasteiger charge is -2.53. The van der Waals surface area contributed by atoms with Crippen LogP contribution in [0.4, 0.5) is 5.95 Å². The number of piperidine rings is 1. The summed E-state index contributed by atoms with van der Waals surface area (Å²) in [6, 6.07) is 11.9. The zero-order valence-corrected chi connectivity index (χ0v) is 16.6. The highest BCUT2D eigenvalue weighted by molar-refractivity contribution is 5.99. The highest BCUT2D eigenvalue weighted by Gasteiger charge is 2.45. The molecule has 0 aliphatic carbocycles. The van der Waals surface area contributed by atoms with Crippen LogP contribution in [0.5, 0.6) is 0 Å². The standard InChI is InChI=1S/C22H23N5O2/c1-14-10-15(2)25-22(24-14)27-12-17-8-9-26(13-19(17)27)21(28)18-11-23-29-20(18)16-6-4-3-5-7-16/h3-7,10-11,17,19H,8-9,12-13H2,1-2H3. The van der Waals surface area contributed by atoms with Gasteiger partial charge in [-0.05, 0) is 26.3 Å². The van der Waals surface area contributed by atoms with Crippen LogP contribution in [0, 0.1) is 19.8 Å². The molecular formula is C22H23N5O2. The Hall–Kier alpha value is -3.22. The van der Waals surface area contributed by atoms with Crippen LogP contribution in [0.1, 0.15) is 28.2 Å². The lowest BCUT2D eigenvalue weighted by Crippen LogP contribution is -2.65. The van der Waals surface area contributed by atoms with Crippen molar-refractivity contribution in [2.75, 3.05) is 24.5 Å². The fourth-order valence-electron chi connectivity index (χ4n) is 4.41. The largest absolute Gasteiger partial charge is 0.355 e. The Morgan fingerprint density at radius 1 is 1.10 bits per heavy atom. The van der Waals surface area contributed by atoms with Crippen molar-refractivity contribution in [2.24, 2.45) is 5.92 Å². The van der Waals surface area contributed by atoms with E-state index in [4.69, 9.17) is 4.52 Å². The Balaban J connectivity index is 1.36. The van der Waals surface area contributed by atoms with Gasteiger partial charge in [0.2, 0.25) is 5.95 Å². The molecule has 0 N–H and O–H groups in total. The van der Waals surface area contributed by atoms with Crippen molar-refractivity contribution < 1.29 is 9.32 Å². The van der Waals surface area contributed by atoms with E-state index in [9.17, 15) is 4.79 Å². The Morgan fingerprint density at radius 3 is 2.62 bits per heavy atom. The van der Waals surface area contributed by atoms with E-state index in [1.54, 1.807) is 0 Å². The van der Waals surface area contributed by atoms with Crippen LogP contribution in [0.3, 0.4) is 0 Å². The number of hydrogen-bond acceptors (Lipinski definition) is 6. The van der Waals surface area contributed by atoms with Crippen molar-refractivity contribution in [1.82, 2.24) is 20.0 Å². The number of carbonyl (C=O) groups excluding carboxylic acids is 1. The van der Waals surface area contributed by atoms with E-state index in [0.717, 1.165) is 42.4 Å². The first-order valence-electron chi connectivity index (χ1n) is 9.98. The zero-order chi connectivity index (χ0) is 20.0. The van der Waals surface area contributed by atoms with Crippen molar-refractivity contribution in [3.05, 3.63) is 59.5 Å². The maximum Gasteiger partial charge on any atom is 0.259 e. The molecule has 0 radical (unpaired) electrons. The second-order valence-corrected chi connectivity index (χ2v) is 7.90. The van der Waals surface area contributed by atoms with Gasteiger partial charge in [-0.3, -0.25) is 4.79 Å². The van der Waals surface area contributed by atoms with Crippen molar-refractivity contribution >= 4 is 11.9 Å². The van der Waals surface area contributed by atoms with Crippen LogP contribution in [0.2, 0.25) is 0 Å². The minimum atomic E-state index is -0.0308. The third-order valence-electron chi connectivity index (χ3n) is 5.90. The number of carbonyl (C=O) groups is 1. The molecule has 2 unspecified atom stereocenters. The second kappa shape index (κ2) is 6.99. The van der Waals surface area contributed by atoms with E-state index < -0.39 is 0 Å². The molecule has 2 aliphatic heterocycles. The molecule has 2 aliphatic rings. The quantitative estimate of drug-likeness (QED) is 0.685. The van der Waals surface area contributed by atoms with Gasteiger partial charge < -0.3 is 14.3 Å². The molecule has 7 heteroatoms. The van der Waals surface area contributed by atoms with Gasteiger partial charge in [0.1, 0.15) is 5.56 Å². The number of aryl methyl sites for hydroxylation is 2. The topological polar surface area (TPSA) is 75.4 Å². The summed E-state index contributed by atoms with van der Waals surface area (Å²) in [6.45, 7) is 6.35. The summed E-state index contributed by atoms with van der Waals surface area (Å²) in [5.74, 6) is 1.85. The molecule has 4 heterocycles. The number of hydrogen-bond donors (Lipinski definition) is 0. The lowest BCUT2D eigenvalue weighted by molar-refractivity contribution is 0.0589. The average molecular weight is 389 g/mol. The van der Waals surface area contributed by atoms with Gasteiger partial charge in [0.15, 0.2) is 5.76 Å². The zero-order valence-electron chi connectivity index (χ0n) is 16.6. The summed E-state index contributed by atoms with van der Waals surface area (Å²) in [5.41, 5.74) is 3.31. The number of likely N-dealkylation sites (tertiary alicyclic amines) is 1. The maximum absolute atomic E-state index is 13.3. The molecule has 7 nitrogen and oxygen atoms in total. The van der Waals surface area contributed by atoms with Crippen LogP contribution >= 0.6 is 0 Å².